The van der Waals surface area contributed by atoms with Crippen LogP contribution in [0, 0.1) is 18.3 Å². The molecule has 0 spiro atoms. The van der Waals surface area contributed by atoms with E-state index in [0.717, 1.165) is 30.7 Å². The third-order valence-corrected chi connectivity index (χ3v) is 4.33. The molecule has 0 radical (unpaired) electrons. The summed E-state index contributed by atoms with van der Waals surface area (Å²) >= 11 is 0. The molecule has 5 nitrogen and oxygen atoms in total. The number of anilines is 2. The van der Waals surface area contributed by atoms with Crippen LogP contribution in [-0.2, 0) is 6.18 Å². The number of nitrogens with zero attached hydrogens (tertiary/aromatic N) is 4. The summed E-state index contributed by atoms with van der Waals surface area (Å²) in [5, 5.41) is 12.6. The van der Waals surface area contributed by atoms with Gasteiger partial charge in [-0.3, -0.25) is 0 Å². The van der Waals surface area contributed by atoms with Gasteiger partial charge in [0.1, 0.15) is 6.07 Å². The van der Waals surface area contributed by atoms with Gasteiger partial charge in [0.25, 0.3) is 0 Å². The van der Waals surface area contributed by atoms with Crippen LogP contribution in [0.25, 0.3) is 0 Å². The standard InChI is InChI=1S/C18H18F3N5/c1-12-6-7-23-17(24-12)25-15-3-2-8-26(11-15)16-5-4-14(18(19,20)21)9-13(16)10-22/h4-7,9,15H,2-3,8,11H2,1H3,(H,23,24,25). The summed E-state index contributed by atoms with van der Waals surface area (Å²) in [6, 6.07) is 7.07. The molecule has 1 aliphatic rings. The van der Waals surface area contributed by atoms with E-state index in [4.69, 9.17) is 0 Å². The van der Waals surface area contributed by atoms with Crippen LogP contribution >= 0.6 is 0 Å². The first-order valence-electron chi connectivity index (χ1n) is 8.29. The van der Waals surface area contributed by atoms with E-state index in [9.17, 15) is 18.4 Å². The fourth-order valence-electron chi connectivity index (χ4n) is 3.09. The van der Waals surface area contributed by atoms with Crippen molar-refractivity contribution in [1.82, 2.24) is 9.97 Å². The third-order valence-electron chi connectivity index (χ3n) is 4.33. The van der Waals surface area contributed by atoms with Gasteiger partial charge in [-0.2, -0.15) is 18.4 Å². The summed E-state index contributed by atoms with van der Waals surface area (Å²) in [5.74, 6) is 0.532. The highest BCUT2D eigenvalue weighted by molar-refractivity contribution is 5.61. The molecule has 0 saturated carbocycles. The quantitative estimate of drug-likeness (QED) is 0.902. The molecule has 1 atom stereocenters. The Morgan fingerprint density at radius 1 is 1.31 bits per heavy atom. The number of aryl methyl sites for hydroxylation is 1. The molecule has 1 N–H and O–H groups in total. The summed E-state index contributed by atoms with van der Waals surface area (Å²) < 4.78 is 38.6. The van der Waals surface area contributed by atoms with E-state index in [0.29, 0.717) is 24.7 Å². The predicted octanol–water partition coefficient (Wildman–Crippen LogP) is 3.76. The Morgan fingerprint density at radius 3 is 2.81 bits per heavy atom. The van der Waals surface area contributed by atoms with Gasteiger partial charge in [0.05, 0.1) is 16.8 Å². The van der Waals surface area contributed by atoms with Crippen LogP contribution in [0.1, 0.15) is 29.7 Å². The molecule has 3 rings (SSSR count). The lowest BCUT2D eigenvalue weighted by Crippen LogP contribution is -2.42. The Balaban J connectivity index is 1.78. The number of alkyl halides is 3. The fourth-order valence-corrected chi connectivity index (χ4v) is 3.09. The molecule has 1 aromatic heterocycles. The number of hydrogen-bond acceptors (Lipinski definition) is 5. The van der Waals surface area contributed by atoms with E-state index in [-0.39, 0.29) is 11.6 Å². The molecule has 136 valence electrons. The SMILES string of the molecule is Cc1ccnc(NC2CCCN(c3ccc(C(F)(F)F)cc3C#N)C2)n1. The molecule has 2 heterocycles. The average molecular weight is 361 g/mol. The summed E-state index contributed by atoms with van der Waals surface area (Å²) in [6.07, 6.45) is -1.03. The van der Waals surface area contributed by atoms with Crippen molar-refractivity contribution in [1.29, 1.82) is 5.26 Å². The molecule has 1 saturated heterocycles. The molecular weight excluding hydrogens is 343 g/mol. The molecule has 1 fully saturated rings. The van der Waals surface area contributed by atoms with E-state index in [1.807, 2.05) is 17.9 Å². The van der Waals surface area contributed by atoms with E-state index in [2.05, 4.69) is 15.3 Å². The lowest BCUT2D eigenvalue weighted by Gasteiger charge is -2.35. The van der Waals surface area contributed by atoms with Gasteiger partial charge < -0.3 is 10.2 Å². The Labute approximate surface area is 149 Å². The molecule has 2 aromatic rings. The maximum atomic E-state index is 12.9. The van der Waals surface area contributed by atoms with Crippen molar-refractivity contribution >= 4 is 11.6 Å². The predicted molar refractivity (Wildman–Crippen MR) is 91.8 cm³/mol. The largest absolute Gasteiger partial charge is 0.416 e. The van der Waals surface area contributed by atoms with Gasteiger partial charge >= 0.3 is 6.18 Å². The number of nitriles is 1. The zero-order chi connectivity index (χ0) is 18.7. The Morgan fingerprint density at radius 2 is 2.12 bits per heavy atom. The van der Waals surface area contributed by atoms with Crippen LogP contribution in [0.4, 0.5) is 24.8 Å². The van der Waals surface area contributed by atoms with Gasteiger partial charge in [-0.05, 0) is 44.0 Å². The second-order valence-corrected chi connectivity index (χ2v) is 6.29. The minimum Gasteiger partial charge on any atom is -0.368 e. The Bertz CT molecular complexity index is 828. The molecule has 0 aliphatic carbocycles. The van der Waals surface area contributed by atoms with Crippen LogP contribution in [0.5, 0.6) is 0 Å². The first-order chi connectivity index (χ1) is 12.4. The van der Waals surface area contributed by atoms with Crippen molar-refractivity contribution in [2.24, 2.45) is 0 Å². The summed E-state index contributed by atoms with van der Waals surface area (Å²) in [6.45, 7) is 3.13. The van der Waals surface area contributed by atoms with E-state index < -0.39 is 11.7 Å². The van der Waals surface area contributed by atoms with Crippen LogP contribution in [0.3, 0.4) is 0 Å². The van der Waals surface area contributed by atoms with Crippen LogP contribution in [0.15, 0.2) is 30.5 Å². The molecule has 8 heteroatoms. The van der Waals surface area contributed by atoms with Gasteiger partial charge in [-0.15, -0.1) is 0 Å². The lowest BCUT2D eigenvalue weighted by atomic mass is 10.0. The summed E-state index contributed by atoms with van der Waals surface area (Å²) in [5.41, 5.74) is 0.603. The minimum atomic E-state index is -4.46. The molecule has 1 aliphatic heterocycles. The Kier molecular flexibility index (Phi) is 4.98. The highest BCUT2D eigenvalue weighted by Crippen LogP contribution is 2.33. The number of halogens is 3. The highest BCUT2D eigenvalue weighted by Gasteiger charge is 2.32. The van der Waals surface area contributed by atoms with Gasteiger partial charge in [0.2, 0.25) is 5.95 Å². The second kappa shape index (κ2) is 7.20. The number of aromatic nitrogens is 2. The maximum Gasteiger partial charge on any atom is 0.416 e. The highest BCUT2D eigenvalue weighted by atomic mass is 19.4. The summed E-state index contributed by atoms with van der Waals surface area (Å²) in [7, 11) is 0. The summed E-state index contributed by atoms with van der Waals surface area (Å²) in [4.78, 5) is 10.4. The van der Waals surface area contributed by atoms with E-state index in [1.54, 1.807) is 12.3 Å². The van der Waals surface area contributed by atoms with Crippen molar-refractivity contribution in [2.45, 2.75) is 32.0 Å². The Hall–Kier alpha value is -2.82. The first kappa shape index (κ1) is 18.0. The van der Waals surface area contributed by atoms with Gasteiger partial charge in [-0.1, -0.05) is 0 Å². The zero-order valence-electron chi connectivity index (χ0n) is 14.2. The van der Waals surface area contributed by atoms with E-state index >= 15 is 0 Å². The molecule has 0 amide bonds. The minimum absolute atomic E-state index is 0.0345. The van der Waals surface area contributed by atoms with Crippen molar-refractivity contribution < 1.29 is 13.2 Å². The van der Waals surface area contributed by atoms with Crippen LogP contribution in [-0.4, -0.2) is 29.1 Å². The van der Waals surface area contributed by atoms with Crippen LogP contribution < -0.4 is 10.2 Å². The topological polar surface area (TPSA) is 64.8 Å². The van der Waals surface area contributed by atoms with Gasteiger partial charge in [-0.25, -0.2) is 9.97 Å². The lowest BCUT2D eigenvalue weighted by molar-refractivity contribution is -0.137. The van der Waals surface area contributed by atoms with Crippen LogP contribution in [0.2, 0.25) is 0 Å². The molecule has 26 heavy (non-hydrogen) atoms. The zero-order valence-corrected chi connectivity index (χ0v) is 14.2. The molecule has 1 unspecified atom stereocenters. The fraction of sp³-hybridized carbons (Fsp3) is 0.389. The van der Waals surface area contributed by atoms with Crippen molar-refractivity contribution in [3.05, 3.63) is 47.3 Å². The number of nitrogens with one attached hydrogen (secondary N) is 1. The second-order valence-electron chi connectivity index (χ2n) is 6.29. The van der Waals surface area contributed by atoms with Gasteiger partial charge in [0.15, 0.2) is 0 Å². The molecule has 0 bridgehead atoms. The first-order valence-corrected chi connectivity index (χ1v) is 8.29. The normalized spacial score (nSPS) is 17.7. The van der Waals surface area contributed by atoms with Crippen molar-refractivity contribution in [3.8, 4) is 6.07 Å². The number of hydrogen-bond donors (Lipinski definition) is 1. The maximum absolute atomic E-state index is 12.9. The average Bonchev–Trinajstić information content (AvgIpc) is 2.60. The molecular formula is C18H18F3N5. The third kappa shape index (κ3) is 4.04. The van der Waals surface area contributed by atoms with Crippen molar-refractivity contribution in [3.63, 3.8) is 0 Å². The van der Waals surface area contributed by atoms with Crippen molar-refractivity contribution in [2.75, 3.05) is 23.3 Å². The number of piperidine rings is 1. The molecule has 1 aromatic carbocycles. The van der Waals surface area contributed by atoms with Gasteiger partial charge in [0, 0.05) is 31.0 Å². The monoisotopic (exact) mass is 361 g/mol. The number of rotatable bonds is 3. The van der Waals surface area contributed by atoms with E-state index in [1.165, 1.54) is 6.07 Å². The smallest absolute Gasteiger partial charge is 0.368 e. The number of benzene rings is 1.